The minimum Gasteiger partial charge on any atom is -0.309 e. The summed E-state index contributed by atoms with van der Waals surface area (Å²) in [4.78, 5) is 27.2. The summed E-state index contributed by atoms with van der Waals surface area (Å²) in [6.45, 7) is 4.42. The number of benzene rings is 12. The van der Waals surface area contributed by atoms with Crippen LogP contribution in [-0.2, 0) is 0 Å². The summed E-state index contributed by atoms with van der Waals surface area (Å²) in [5.74, 6) is 1.39. The third kappa shape index (κ3) is 11.3. The molecule has 6 heterocycles. The summed E-state index contributed by atoms with van der Waals surface area (Å²) in [7, 11) is 0. The topological polar surface area (TPSA) is 69.4 Å². The summed E-state index contributed by atoms with van der Waals surface area (Å²) in [6, 6.07) is 115. The molecule has 0 saturated carbocycles. The molecule has 0 aliphatic heterocycles. The number of nitrogens with zero attached hydrogens (tertiary/aromatic N) is 6. The Kier molecular flexibility index (Phi) is 15.3. The Morgan fingerprint density at radius 2 is 0.608 bits per heavy atom. The second kappa shape index (κ2) is 25.3. The molecule has 0 atom stereocenters. The number of hydrogen-bond donors (Lipinski definition) is 0. The molecule has 8 heteroatoms. The lowest BCUT2D eigenvalue weighted by Crippen LogP contribution is -1.98. The van der Waals surface area contributed by atoms with Crippen LogP contribution in [-0.4, -0.2) is 29.5 Å². The lowest BCUT2D eigenvalue weighted by molar-refractivity contribution is 1.17. The van der Waals surface area contributed by atoms with Crippen LogP contribution in [0.1, 0.15) is 10.4 Å². The van der Waals surface area contributed by atoms with Crippen molar-refractivity contribution < 1.29 is 0 Å². The first kappa shape index (κ1) is 58.7. The maximum Gasteiger partial charge on any atom is 0.160 e. The monoisotopic (exact) mass is 1280 g/mol. The second-order valence-corrected chi connectivity index (χ2v) is 26.6. The highest BCUT2D eigenvalue weighted by molar-refractivity contribution is 7.26. The molecule has 18 rings (SSSR count). The number of hydrogen-bond acceptors (Lipinski definition) is 7. The molecule has 0 spiro atoms. The smallest absolute Gasteiger partial charge is 0.160 e. The van der Waals surface area contributed by atoms with Gasteiger partial charge in [0.05, 0.1) is 45.2 Å². The van der Waals surface area contributed by atoms with E-state index in [1.807, 2.05) is 46.9 Å². The minimum atomic E-state index is 0.688. The van der Waals surface area contributed by atoms with Gasteiger partial charge in [0.1, 0.15) is 0 Å². The van der Waals surface area contributed by atoms with Crippen molar-refractivity contribution in [2.75, 3.05) is 0 Å². The normalized spacial score (nSPS) is 11.4. The van der Waals surface area contributed by atoms with Crippen molar-refractivity contribution in [2.45, 2.75) is 13.8 Å². The van der Waals surface area contributed by atoms with Gasteiger partial charge in [0.25, 0.3) is 0 Å². The first-order valence-corrected chi connectivity index (χ1v) is 34.2. The van der Waals surface area contributed by atoms with Crippen LogP contribution >= 0.6 is 22.7 Å². The van der Waals surface area contributed by atoms with Crippen LogP contribution in [0.2, 0.25) is 0 Å². The predicted molar refractivity (Wildman–Crippen MR) is 408 cm³/mol. The van der Waals surface area contributed by atoms with Gasteiger partial charge in [-0.05, 0) is 114 Å². The fraction of sp³-hybridized carbons (Fsp3) is 0.0225. The van der Waals surface area contributed by atoms with Crippen LogP contribution < -0.4 is 0 Å². The van der Waals surface area contributed by atoms with Gasteiger partial charge in [-0.2, -0.15) is 0 Å². The highest BCUT2D eigenvalue weighted by atomic mass is 32.1. The molecule has 97 heavy (non-hydrogen) atoms. The Morgan fingerprint density at radius 3 is 1.10 bits per heavy atom. The fourth-order valence-corrected chi connectivity index (χ4v) is 15.8. The molecule has 0 unspecified atom stereocenters. The van der Waals surface area contributed by atoms with Crippen LogP contribution in [0.25, 0.3) is 170 Å². The van der Waals surface area contributed by atoms with E-state index in [1.54, 1.807) is 0 Å². The lowest BCUT2D eigenvalue weighted by atomic mass is 9.99. The van der Waals surface area contributed by atoms with Gasteiger partial charge in [-0.15, -0.1) is 22.7 Å². The molecule has 0 N–H and O–H groups in total. The van der Waals surface area contributed by atoms with Gasteiger partial charge in [-0.1, -0.05) is 261 Å². The first-order valence-electron chi connectivity index (χ1n) is 32.6. The number of rotatable bonds is 11. The Labute approximate surface area is 570 Å². The maximum atomic E-state index is 5.25. The third-order valence-electron chi connectivity index (χ3n) is 18.3. The first-order chi connectivity index (χ1) is 47.9. The SMILES string of the molecule is Cc1sc2c(-c3cccc(-c4nc(-c5ccccc5)cc(-c5cc(-c6ccccc6)nc(-c6ccccc6)c5)n4)c3)cccc2c1C.c1ccc(-c2cc(-c3ccc(-n4c5ccccc5c5ccccc54)cc3)nc(-c3cccc(-c4cccc5c4sc4ccccc45)c3)n2)cc1. The van der Waals surface area contributed by atoms with Crippen molar-refractivity contribution in [1.82, 2.24) is 29.5 Å². The molecule has 0 aliphatic carbocycles. The van der Waals surface area contributed by atoms with Crippen molar-refractivity contribution in [2.24, 2.45) is 0 Å². The molecule has 6 aromatic heterocycles. The molecule has 18 aromatic rings. The number of pyridine rings is 1. The van der Waals surface area contributed by atoms with E-state index < -0.39 is 0 Å². The molecule has 0 bridgehead atoms. The average Bonchev–Trinajstić information content (AvgIpc) is 1.64. The summed E-state index contributed by atoms with van der Waals surface area (Å²) in [6.07, 6.45) is 0. The Hall–Kier alpha value is -12.1. The van der Waals surface area contributed by atoms with Crippen molar-refractivity contribution in [3.8, 4) is 118 Å². The number of thiophene rings is 2. The highest BCUT2D eigenvalue weighted by Gasteiger charge is 2.20. The van der Waals surface area contributed by atoms with E-state index in [4.69, 9.17) is 24.9 Å². The zero-order valence-corrected chi connectivity index (χ0v) is 54.8. The third-order valence-corrected chi connectivity index (χ3v) is 20.8. The van der Waals surface area contributed by atoms with Crippen molar-refractivity contribution in [3.05, 3.63) is 338 Å². The highest BCUT2D eigenvalue weighted by Crippen LogP contribution is 2.43. The summed E-state index contributed by atoms with van der Waals surface area (Å²) < 4.78 is 6.27. The van der Waals surface area contributed by atoms with Crippen LogP contribution in [0.5, 0.6) is 0 Å². The van der Waals surface area contributed by atoms with Crippen LogP contribution in [0.3, 0.4) is 0 Å². The van der Waals surface area contributed by atoms with E-state index in [1.165, 1.54) is 73.6 Å². The second-order valence-electron chi connectivity index (χ2n) is 24.3. The molecule has 0 aliphatic rings. The van der Waals surface area contributed by atoms with Gasteiger partial charge < -0.3 is 4.57 Å². The zero-order chi connectivity index (χ0) is 64.8. The van der Waals surface area contributed by atoms with E-state index in [-0.39, 0.29) is 0 Å². The molecule has 6 nitrogen and oxygen atoms in total. The molecular weight excluding hydrogens is 1220 g/mol. The van der Waals surface area contributed by atoms with Crippen LogP contribution in [0.4, 0.5) is 0 Å². The molecule has 0 radical (unpaired) electrons. The van der Waals surface area contributed by atoms with E-state index in [0.29, 0.717) is 11.6 Å². The predicted octanol–water partition coefficient (Wildman–Crippen LogP) is 24.3. The quantitative estimate of drug-likeness (QED) is 0.129. The zero-order valence-electron chi connectivity index (χ0n) is 53.2. The van der Waals surface area contributed by atoms with E-state index >= 15 is 0 Å². The largest absolute Gasteiger partial charge is 0.309 e. The lowest BCUT2D eigenvalue weighted by Gasteiger charge is -2.13. The van der Waals surface area contributed by atoms with Crippen LogP contribution in [0, 0.1) is 13.8 Å². The number of aromatic nitrogens is 6. The van der Waals surface area contributed by atoms with E-state index in [9.17, 15) is 0 Å². The standard InChI is InChI=1S/C46H29N3S.C43H31N3S/c1-2-12-30(13-3-1)40-29-41(31-24-26-34(27-25-31)49-42-21-7-4-16-36(42)37-17-5-8-22-43(37)49)48-46(47-40)33-15-10-14-32(28-33)35-19-11-20-39-38-18-6-9-23-44(38)50-45(35)39;1-28-29(2)47-42-36(28)22-13-23-37(42)33-20-12-21-34(24-33)43-45-40(32-18-10-5-11-19-32)27-41(46-43)35-25-38(30-14-6-3-7-15-30)44-39(26-35)31-16-8-4-9-17-31/h1-29H;3-27H,1-2H3. The Morgan fingerprint density at radius 1 is 0.247 bits per heavy atom. The maximum absolute atomic E-state index is 5.25. The molecule has 12 aromatic carbocycles. The van der Waals surface area contributed by atoms with Gasteiger partial charge in [0, 0.05) is 90.7 Å². The summed E-state index contributed by atoms with van der Waals surface area (Å²) in [5, 5.41) is 6.43. The Balaban J connectivity index is 0.000000147. The van der Waals surface area contributed by atoms with Crippen molar-refractivity contribution in [1.29, 1.82) is 0 Å². The Bertz CT molecular complexity index is 5850. The summed E-state index contributed by atoms with van der Waals surface area (Å²) >= 11 is 3.72. The molecular formula is C89H60N6S2. The van der Waals surface area contributed by atoms with Gasteiger partial charge in [0.2, 0.25) is 0 Å². The van der Waals surface area contributed by atoms with E-state index in [0.717, 1.165) is 95.5 Å². The number of aryl methyl sites for hydroxylation is 2. The molecule has 0 fully saturated rings. The minimum absolute atomic E-state index is 0.688. The van der Waals surface area contributed by atoms with Gasteiger partial charge in [-0.3, -0.25) is 0 Å². The average molecular weight is 1280 g/mol. The van der Waals surface area contributed by atoms with E-state index in [2.05, 4.69) is 322 Å². The number of fused-ring (bicyclic) bond motifs is 7. The van der Waals surface area contributed by atoms with Crippen molar-refractivity contribution in [3.63, 3.8) is 0 Å². The van der Waals surface area contributed by atoms with Gasteiger partial charge in [-0.25, -0.2) is 24.9 Å². The fourth-order valence-electron chi connectivity index (χ4n) is 13.4. The van der Waals surface area contributed by atoms with Gasteiger partial charge in [0.15, 0.2) is 11.6 Å². The van der Waals surface area contributed by atoms with Crippen molar-refractivity contribution >= 4 is 74.7 Å². The molecule has 0 saturated heterocycles. The van der Waals surface area contributed by atoms with Gasteiger partial charge >= 0.3 is 0 Å². The number of para-hydroxylation sites is 2. The molecule has 458 valence electrons. The summed E-state index contributed by atoms with van der Waals surface area (Å²) in [5.41, 5.74) is 23.2. The van der Waals surface area contributed by atoms with Crippen LogP contribution in [0.15, 0.2) is 328 Å². The molecule has 0 amide bonds.